The van der Waals surface area contributed by atoms with Gasteiger partial charge in [0.2, 0.25) is 5.91 Å². The van der Waals surface area contributed by atoms with Crippen molar-refractivity contribution in [1.29, 1.82) is 0 Å². The van der Waals surface area contributed by atoms with Gasteiger partial charge in [0.25, 0.3) is 0 Å². The first-order chi connectivity index (χ1) is 8.76. The van der Waals surface area contributed by atoms with Gasteiger partial charge in [0.1, 0.15) is 5.76 Å². The van der Waals surface area contributed by atoms with Gasteiger partial charge in [-0.1, -0.05) is 0 Å². The van der Waals surface area contributed by atoms with Gasteiger partial charge < -0.3 is 14.8 Å². The van der Waals surface area contributed by atoms with E-state index in [1.807, 2.05) is 6.26 Å². The van der Waals surface area contributed by atoms with Gasteiger partial charge in [-0.15, -0.1) is 11.8 Å². The molecule has 0 spiro atoms. The lowest BCUT2D eigenvalue weighted by atomic mass is 10.3. The van der Waals surface area contributed by atoms with Crippen LogP contribution in [0.1, 0.15) is 5.76 Å². The van der Waals surface area contributed by atoms with Crippen molar-refractivity contribution in [2.75, 3.05) is 23.7 Å². The van der Waals surface area contributed by atoms with Gasteiger partial charge in [0, 0.05) is 16.9 Å². The van der Waals surface area contributed by atoms with Crippen LogP contribution in [-0.4, -0.2) is 40.8 Å². The first kappa shape index (κ1) is 15.2. The maximum atomic E-state index is 11.6. The maximum Gasteiger partial charge on any atom is 0.244 e. The Bertz CT molecular complexity index is 365. The number of aliphatic hydroxyl groups excluding tert-OH is 1. The Kier molecular flexibility index (Phi) is 7.71. The van der Waals surface area contributed by atoms with E-state index < -0.39 is 0 Å². The number of hydrogen-bond donors (Lipinski definition) is 2. The fraction of sp³-hybridized carbons (Fsp3) is 0.417. The molecule has 0 bridgehead atoms. The molecule has 0 aliphatic carbocycles. The molecule has 6 heteroatoms. The fourth-order valence-corrected chi connectivity index (χ4v) is 2.73. The molecule has 0 aliphatic heterocycles. The van der Waals surface area contributed by atoms with Crippen LogP contribution in [0, 0.1) is 0 Å². The molecule has 0 aromatic carbocycles. The van der Waals surface area contributed by atoms with Gasteiger partial charge in [0.05, 0.1) is 18.9 Å². The molecular weight excluding hydrogens is 270 g/mol. The van der Waals surface area contributed by atoms with Crippen LogP contribution in [0.4, 0.5) is 0 Å². The van der Waals surface area contributed by atoms with E-state index in [0.717, 1.165) is 5.08 Å². The molecule has 0 saturated heterocycles. The van der Waals surface area contributed by atoms with E-state index in [-0.39, 0.29) is 18.6 Å². The number of nitrogens with one attached hydrogen (secondary N) is 1. The molecule has 0 aliphatic rings. The molecule has 1 aromatic heterocycles. The number of hydrogen-bond acceptors (Lipinski definition) is 5. The number of amides is 1. The minimum Gasteiger partial charge on any atom is -0.465 e. The number of carbonyl (C=O) groups excluding carboxylic acids is 1. The maximum absolute atomic E-state index is 11.6. The van der Waals surface area contributed by atoms with Gasteiger partial charge in [-0.3, -0.25) is 4.79 Å². The molecule has 1 aromatic rings. The minimum atomic E-state index is -0.227. The van der Waals surface area contributed by atoms with Gasteiger partial charge in [0.15, 0.2) is 0 Å². The molecule has 1 rings (SSSR count). The predicted molar refractivity (Wildman–Crippen MR) is 77.6 cm³/mol. The van der Waals surface area contributed by atoms with Crippen molar-refractivity contribution >= 4 is 35.5 Å². The predicted octanol–water partition coefficient (Wildman–Crippen LogP) is 1.82. The summed E-state index contributed by atoms with van der Waals surface area (Å²) in [5.74, 6) is 1.11. The SMILES string of the molecule is CSCSCC(CO)NC(=O)/C=C/c1ccco1. The summed E-state index contributed by atoms with van der Waals surface area (Å²) < 4.78 is 5.07. The summed E-state index contributed by atoms with van der Waals surface area (Å²) in [6, 6.07) is 3.31. The quantitative estimate of drug-likeness (QED) is 0.434. The van der Waals surface area contributed by atoms with Crippen molar-refractivity contribution < 1.29 is 14.3 Å². The highest BCUT2D eigenvalue weighted by atomic mass is 32.2. The summed E-state index contributed by atoms with van der Waals surface area (Å²) in [4.78, 5) is 11.6. The summed E-state index contributed by atoms with van der Waals surface area (Å²) in [6.45, 7) is -0.0539. The van der Waals surface area contributed by atoms with Crippen LogP contribution >= 0.6 is 23.5 Å². The monoisotopic (exact) mass is 287 g/mol. The molecule has 2 N–H and O–H groups in total. The molecule has 0 radical (unpaired) electrons. The number of thioether (sulfide) groups is 2. The molecule has 1 atom stereocenters. The third kappa shape index (κ3) is 6.18. The lowest BCUT2D eigenvalue weighted by molar-refractivity contribution is -0.117. The first-order valence-corrected chi connectivity index (χ1v) is 8.00. The molecule has 1 amide bonds. The van der Waals surface area contributed by atoms with E-state index in [1.165, 1.54) is 6.08 Å². The van der Waals surface area contributed by atoms with Crippen LogP contribution in [0.2, 0.25) is 0 Å². The zero-order valence-corrected chi connectivity index (χ0v) is 11.8. The van der Waals surface area contributed by atoms with Crippen LogP contribution in [0.15, 0.2) is 28.9 Å². The summed E-state index contributed by atoms with van der Waals surface area (Å²) in [7, 11) is 0. The Labute approximate surface area is 115 Å². The summed E-state index contributed by atoms with van der Waals surface area (Å²) in [6.07, 6.45) is 6.57. The lowest BCUT2D eigenvalue weighted by Gasteiger charge is -2.14. The number of carbonyl (C=O) groups is 1. The summed E-state index contributed by atoms with van der Waals surface area (Å²) in [5.41, 5.74) is 0. The Morgan fingerprint density at radius 1 is 1.67 bits per heavy atom. The zero-order valence-electron chi connectivity index (χ0n) is 10.2. The molecule has 0 saturated carbocycles. The number of furan rings is 1. The Hall–Kier alpha value is -0.850. The molecule has 1 unspecified atom stereocenters. The molecular formula is C12H17NO3S2. The second-order valence-electron chi connectivity index (χ2n) is 3.51. The first-order valence-electron chi connectivity index (χ1n) is 5.46. The van der Waals surface area contributed by atoms with Crippen LogP contribution in [0.25, 0.3) is 6.08 Å². The molecule has 100 valence electrons. The fourth-order valence-electron chi connectivity index (χ4n) is 1.21. The van der Waals surface area contributed by atoms with Gasteiger partial charge in [-0.2, -0.15) is 11.8 Å². The number of rotatable bonds is 8. The lowest BCUT2D eigenvalue weighted by Crippen LogP contribution is -2.38. The smallest absolute Gasteiger partial charge is 0.244 e. The molecule has 0 fully saturated rings. The van der Waals surface area contributed by atoms with E-state index in [0.29, 0.717) is 11.5 Å². The molecule has 4 nitrogen and oxygen atoms in total. The minimum absolute atomic E-state index is 0.0539. The van der Waals surface area contributed by atoms with Crippen LogP contribution in [0.5, 0.6) is 0 Å². The van der Waals surface area contributed by atoms with Crippen LogP contribution in [0.3, 0.4) is 0 Å². The van der Waals surface area contributed by atoms with Crippen molar-refractivity contribution in [3.8, 4) is 0 Å². The zero-order chi connectivity index (χ0) is 13.2. The standard InChI is InChI=1S/C12H17NO3S2/c1-17-9-18-8-10(7-14)13-12(15)5-4-11-3-2-6-16-11/h2-6,10,14H,7-9H2,1H3,(H,13,15)/b5-4+. The number of aliphatic hydroxyl groups is 1. The van der Waals surface area contributed by atoms with Crippen molar-refractivity contribution in [1.82, 2.24) is 5.32 Å². The Morgan fingerprint density at radius 3 is 3.11 bits per heavy atom. The second-order valence-corrected chi connectivity index (χ2v) is 5.78. The highest BCUT2D eigenvalue weighted by Crippen LogP contribution is 2.09. The second kappa shape index (κ2) is 9.13. The largest absolute Gasteiger partial charge is 0.465 e. The average Bonchev–Trinajstić information content (AvgIpc) is 2.88. The van der Waals surface area contributed by atoms with E-state index in [2.05, 4.69) is 5.32 Å². The van der Waals surface area contributed by atoms with Gasteiger partial charge in [-0.05, 0) is 24.5 Å². The molecule has 1 heterocycles. The van der Waals surface area contributed by atoms with Crippen LogP contribution in [-0.2, 0) is 4.79 Å². The van der Waals surface area contributed by atoms with E-state index >= 15 is 0 Å². The van der Waals surface area contributed by atoms with E-state index in [4.69, 9.17) is 9.52 Å². The Morgan fingerprint density at radius 2 is 2.50 bits per heavy atom. The van der Waals surface area contributed by atoms with E-state index in [1.54, 1.807) is 48.0 Å². The Balaban J connectivity index is 2.32. The highest BCUT2D eigenvalue weighted by molar-refractivity contribution is 8.15. The van der Waals surface area contributed by atoms with Crippen LogP contribution < -0.4 is 5.32 Å². The van der Waals surface area contributed by atoms with Gasteiger partial charge in [-0.25, -0.2) is 0 Å². The molecule has 18 heavy (non-hydrogen) atoms. The van der Waals surface area contributed by atoms with Crippen molar-refractivity contribution in [3.05, 3.63) is 30.2 Å². The highest BCUT2D eigenvalue weighted by Gasteiger charge is 2.09. The third-order valence-electron chi connectivity index (χ3n) is 2.03. The average molecular weight is 287 g/mol. The van der Waals surface area contributed by atoms with Crippen molar-refractivity contribution in [2.24, 2.45) is 0 Å². The summed E-state index contributed by atoms with van der Waals surface area (Å²) >= 11 is 3.41. The van der Waals surface area contributed by atoms with Gasteiger partial charge >= 0.3 is 0 Å². The topological polar surface area (TPSA) is 62.5 Å². The third-order valence-corrected chi connectivity index (χ3v) is 4.28. The normalized spacial score (nSPS) is 12.8. The van der Waals surface area contributed by atoms with Crippen molar-refractivity contribution in [3.63, 3.8) is 0 Å². The summed E-state index contributed by atoms with van der Waals surface area (Å²) in [5, 5.41) is 12.8. The van der Waals surface area contributed by atoms with Crippen molar-refractivity contribution in [2.45, 2.75) is 6.04 Å². The van der Waals surface area contributed by atoms with E-state index in [9.17, 15) is 4.79 Å².